The van der Waals surface area contributed by atoms with Crippen LogP contribution in [0.15, 0.2) is 50.6 Å². The van der Waals surface area contributed by atoms with Gasteiger partial charge in [-0.25, -0.2) is 0 Å². The molecule has 0 aromatic heterocycles. The Morgan fingerprint density at radius 2 is 0.971 bits per heavy atom. The van der Waals surface area contributed by atoms with Crippen molar-refractivity contribution in [3.8, 4) is 0 Å². The summed E-state index contributed by atoms with van der Waals surface area (Å²) in [6, 6.07) is 0. The van der Waals surface area contributed by atoms with Gasteiger partial charge in [-0.15, -0.1) is 0 Å². The van der Waals surface area contributed by atoms with Gasteiger partial charge < -0.3 is 4.48 Å². The molecule has 0 N–H and O–H groups in total. The largest absolute Gasteiger partial charge is 0.389 e. The summed E-state index contributed by atoms with van der Waals surface area (Å²) in [4.78, 5) is 0. The van der Waals surface area contributed by atoms with Crippen molar-refractivity contribution < 1.29 is 43.8 Å². The summed E-state index contributed by atoms with van der Waals surface area (Å²) in [5, 5.41) is -4.27. The van der Waals surface area contributed by atoms with Crippen LogP contribution in [0, 0.1) is 0 Å². The maximum absolute atomic E-state index is 12.9. The van der Waals surface area contributed by atoms with Crippen molar-refractivity contribution in [3.05, 3.63) is 50.6 Å². The average Bonchev–Trinajstić information content (AvgIpc) is 2.73. The van der Waals surface area contributed by atoms with Gasteiger partial charge in [-0.05, 0) is 41.7 Å². The lowest BCUT2D eigenvalue weighted by atomic mass is 10.1. The summed E-state index contributed by atoms with van der Waals surface area (Å²) in [5.41, 5.74) is 0. The highest BCUT2D eigenvalue weighted by molar-refractivity contribution is 7.87. The van der Waals surface area contributed by atoms with E-state index in [4.69, 9.17) is 0 Å². The Balaban J connectivity index is 0. The topological polar surface area (TPSA) is 43.4 Å². The lowest BCUT2D eigenvalue weighted by Gasteiger charge is -2.35. The number of rotatable bonds is 19. The van der Waals surface area contributed by atoms with E-state index in [9.17, 15) is 34.9 Å². The highest BCUT2D eigenvalue weighted by Gasteiger charge is 2.46. The second-order valence-corrected chi connectivity index (χ2v) is 9.60. The lowest BCUT2D eigenvalue weighted by Crippen LogP contribution is -2.48. The first-order valence-corrected chi connectivity index (χ1v) is 12.4. The highest BCUT2D eigenvalue weighted by Crippen LogP contribution is 2.30. The summed E-state index contributed by atoms with van der Waals surface area (Å²) >= 11 is 0. The molecule has 0 saturated carbocycles. The van der Waals surface area contributed by atoms with Gasteiger partial charge in [-0.3, -0.25) is 0 Å². The fourth-order valence-corrected chi connectivity index (χ4v) is 3.74. The van der Waals surface area contributed by atoms with Crippen molar-refractivity contribution in [1.82, 2.24) is 0 Å². The zero-order valence-electron chi connectivity index (χ0n) is 19.7. The highest BCUT2D eigenvalue weighted by atomic mass is 32.2. The van der Waals surface area contributed by atoms with Crippen LogP contribution < -0.4 is 0 Å². The van der Waals surface area contributed by atoms with E-state index in [0.29, 0.717) is 25.7 Å². The van der Waals surface area contributed by atoms with Crippen LogP contribution in [0.25, 0.3) is 0 Å². The molecule has 0 radical (unpaired) electrons. The van der Waals surface area contributed by atoms with Crippen LogP contribution in [0.2, 0.25) is 0 Å². The Kier molecular flexibility index (Phi) is 18.1. The molecule has 0 rings (SSSR count). The maximum Gasteiger partial charge on any atom is 0.389 e. The molecule has 11 heteroatoms. The number of halogens is 6. The van der Waals surface area contributed by atoms with Crippen LogP contribution in [-0.4, -0.2) is 50.5 Å². The maximum atomic E-state index is 12.9. The molecule has 0 aromatic carbocycles. The van der Waals surface area contributed by atoms with Gasteiger partial charge in [0.05, 0.1) is 26.2 Å². The zero-order chi connectivity index (χ0) is 26.7. The van der Waals surface area contributed by atoms with Crippen LogP contribution in [0.3, 0.4) is 0 Å². The first kappa shape index (κ1) is 34.6. The van der Waals surface area contributed by atoms with Gasteiger partial charge >= 0.3 is 21.5 Å². The van der Waals surface area contributed by atoms with Gasteiger partial charge in [-0.1, -0.05) is 62.8 Å². The van der Waals surface area contributed by atoms with Crippen molar-refractivity contribution >= 4 is 10.1 Å². The number of hydrogen-bond acceptors (Lipinski definition) is 3. The fourth-order valence-electron chi connectivity index (χ4n) is 3.25. The molecule has 0 amide bonds. The number of hydrogen-bond donors (Lipinski definition) is 0. The van der Waals surface area contributed by atoms with E-state index in [-0.39, 0.29) is 19.3 Å². The van der Waals surface area contributed by atoms with Gasteiger partial charge in [0.2, 0.25) is 0 Å². The van der Waals surface area contributed by atoms with Gasteiger partial charge in [0.15, 0.2) is 0 Å². The minimum Gasteiger partial charge on any atom is -0.311 e. The minimum atomic E-state index is -5.52. The van der Waals surface area contributed by atoms with Crippen LogP contribution in [-0.2, 0) is 14.5 Å². The first-order chi connectivity index (χ1) is 15.8. The van der Waals surface area contributed by atoms with Crippen LogP contribution in [0.4, 0.5) is 26.5 Å². The number of quaternary nitrogens is 1. The molecule has 0 atom stereocenters. The quantitative estimate of drug-likeness (QED) is 0.0767. The molecule has 0 aliphatic heterocycles. The molecule has 200 valence electrons. The Labute approximate surface area is 200 Å². The Morgan fingerprint density at radius 1 is 0.647 bits per heavy atom. The van der Waals surface area contributed by atoms with E-state index in [1.165, 1.54) is 0 Å². The lowest BCUT2D eigenvalue weighted by molar-refractivity contribution is -0.906. The number of unbranched alkanes of at least 4 members (excludes halogenated alkanes) is 6. The van der Waals surface area contributed by atoms with Crippen LogP contribution in [0.1, 0.15) is 57.8 Å². The molecule has 0 aromatic rings. The molecule has 0 bridgehead atoms. The van der Waals surface area contributed by atoms with E-state index in [2.05, 4.69) is 30.7 Å². The van der Waals surface area contributed by atoms with Crippen molar-refractivity contribution in [2.24, 2.45) is 0 Å². The van der Waals surface area contributed by atoms with E-state index in [0.717, 1.165) is 30.7 Å². The van der Waals surface area contributed by atoms with Crippen molar-refractivity contribution in [1.29, 1.82) is 0 Å². The third-order valence-corrected chi connectivity index (χ3v) is 6.04. The summed E-state index contributed by atoms with van der Waals surface area (Å²) in [5.74, 6) is 0. The molecule has 4 nitrogen and oxygen atoms in total. The van der Waals surface area contributed by atoms with Crippen LogP contribution >= 0.6 is 0 Å². The fraction of sp³-hybridized carbons (Fsp3) is 0.652. The normalized spacial score (nSPS) is 12.4. The number of alkyl halides is 5. The predicted octanol–water partition coefficient (Wildman–Crippen LogP) is 7.43. The smallest absolute Gasteiger partial charge is 0.311 e. The van der Waals surface area contributed by atoms with E-state index < -0.39 is 34.4 Å². The van der Waals surface area contributed by atoms with Gasteiger partial charge in [-0.2, -0.15) is 30.4 Å². The molecule has 0 spiro atoms. The van der Waals surface area contributed by atoms with Gasteiger partial charge in [0, 0.05) is 12.8 Å². The van der Waals surface area contributed by atoms with Crippen LogP contribution in [0.5, 0.6) is 0 Å². The molecule has 34 heavy (non-hydrogen) atoms. The van der Waals surface area contributed by atoms with Gasteiger partial charge in [0.1, 0.15) is 0 Å². The molecular formula is C23H38F6NO3S+. The first-order valence-electron chi connectivity index (χ1n) is 11.0. The SMILES string of the molecule is C=CC[N+](CC=C)(CC=C)CC=C.O=S(=O)(OF)C(F)(F)CCCCCCCCCC(F)(F)F. The van der Waals surface area contributed by atoms with Crippen molar-refractivity contribution in [2.75, 3.05) is 26.2 Å². The molecular weight excluding hydrogens is 484 g/mol. The molecule has 0 aliphatic rings. The summed E-state index contributed by atoms with van der Waals surface area (Å²) in [6.45, 7) is 18.8. The molecule has 0 heterocycles. The van der Waals surface area contributed by atoms with Crippen molar-refractivity contribution in [3.63, 3.8) is 0 Å². The Hall–Kier alpha value is -1.59. The Bertz CT molecular complexity index is 648. The monoisotopic (exact) mass is 522 g/mol. The van der Waals surface area contributed by atoms with Gasteiger partial charge in [0.25, 0.3) is 0 Å². The zero-order valence-corrected chi connectivity index (χ0v) is 20.5. The van der Waals surface area contributed by atoms with E-state index >= 15 is 0 Å². The average molecular weight is 523 g/mol. The third kappa shape index (κ3) is 16.1. The Morgan fingerprint density at radius 3 is 1.26 bits per heavy atom. The summed E-state index contributed by atoms with van der Waals surface area (Å²) in [7, 11) is -5.52. The number of nitrogens with zero attached hydrogens (tertiary/aromatic N) is 1. The molecule has 0 saturated heterocycles. The molecule has 0 unspecified atom stereocenters. The van der Waals surface area contributed by atoms with E-state index in [1.807, 2.05) is 24.3 Å². The minimum absolute atomic E-state index is 0.0354. The summed E-state index contributed by atoms with van der Waals surface area (Å²) < 4.78 is 96.9. The molecule has 0 fully saturated rings. The predicted molar refractivity (Wildman–Crippen MR) is 124 cm³/mol. The summed E-state index contributed by atoms with van der Waals surface area (Å²) in [6.07, 6.45) is 3.94. The second kappa shape index (κ2) is 17.8. The molecule has 0 aliphatic carbocycles. The standard InChI is InChI=1S/C12H20N.C11H18F6O3S/c1-5-9-13(10-6-2,11-7-3)12-8-4;12-10(13,14)8-6-4-2-1-3-5-7-9-11(15,16)21(18,19)20-17/h5-8H,1-4,9-12H2;1-9H2/q+1;. The third-order valence-electron chi connectivity index (χ3n) is 4.94. The van der Waals surface area contributed by atoms with E-state index in [1.54, 1.807) is 0 Å². The second-order valence-electron chi connectivity index (χ2n) is 7.97. The van der Waals surface area contributed by atoms with Crippen molar-refractivity contribution in [2.45, 2.75) is 69.2 Å².